The lowest BCUT2D eigenvalue weighted by Crippen LogP contribution is -2.39. The van der Waals surface area contributed by atoms with Gasteiger partial charge in [0.25, 0.3) is 5.91 Å². The monoisotopic (exact) mass is 460 g/mol. The maximum Gasteiger partial charge on any atom is 0.421 e. The van der Waals surface area contributed by atoms with Crippen LogP contribution in [0.4, 0.5) is 19.1 Å². The summed E-state index contributed by atoms with van der Waals surface area (Å²) in [5.41, 5.74) is 3.64. The number of para-hydroxylation sites is 1. The highest BCUT2D eigenvalue weighted by atomic mass is 19.4. The first-order chi connectivity index (χ1) is 15.5. The van der Waals surface area contributed by atoms with E-state index in [-0.39, 0.29) is 29.4 Å². The van der Waals surface area contributed by atoms with Crippen molar-refractivity contribution < 1.29 is 27.8 Å². The number of amides is 1. The molecule has 4 aromatic rings. The summed E-state index contributed by atoms with van der Waals surface area (Å²) >= 11 is 0. The van der Waals surface area contributed by atoms with Crippen LogP contribution >= 0.6 is 0 Å². The topological polar surface area (TPSA) is 128 Å². The molecule has 0 spiro atoms. The number of nitrogens with one attached hydrogen (secondary N) is 1. The van der Waals surface area contributed by atoms with Crippen LogP contribution < -0.4 is 15.8 Å². The molecule has 12 heteroatoms. The zero-order chi connectivity index (χ0) is 24.0. The van der Waals surface area contributed by atoms with E-state index in [1.807, 2.05) is 0 Å². The van der Waals surface area contributed by atoms with Crippen LogP contribution in [-0.2, 0) is 12.1 Å². The second-order valence-electron chi connectivity index (χ2n) is 7.42. The van der Waals surface area contributed by atoms with Gasteiger partial charge >= 0.3 is 6.18 Å². The maximum atomic E-state index is 13.0. The number of nitrogens with two attached hydrogens (primary N) is 1. The van der Waals surface area contributed by atoms with Gasteiger partial charge in [0.1, 0.15) is 11.3 Å². The fraction of sp³-hybridized carbons (Fsp3) is 0.238. The quantitative estimate of drug-likeness (QED) is 0.418. The number of hydrogen-bond acceptors (Lipinski definition) is 7. The van der Waals surface area contributed by atoms with Crippen molar-refractivity contribution in [2.45, 2.75) is 25.2 Å². The zero-order valence-electron chi connectivity index (χ0n) is 17.5. The normalized spacial score (nSPS) is 13.8. The first-order valence-corrected chi connectivity index (χ1v) is 9.68. The summed E-state index contributed by atoms with van der Waals surface area (Å²) in [6, 6.07) is 9.80. The number of nitrogen functional groups attached to an aromatic ring is 1. The number of aliphatic hydroxyl groups is 1. The maximum absolute atomic E-state index is 13.0. The molecule has 4 N–H and O–H groups in total. The highest BCUT2D eigenvalue weighted by Crippen LogP contribution is 2.38. The van der Waals surface area contributed by atoms with Crippen molar-refractivity contribution in [3.05, 3.63) is 59.4 Å². The highest BCUT2D eigenvalue weighted by Gasteiger charge is 2.51. The van der Waals surface area contributed by atoms with Crippen molar-refractivity contribution in [2.75, 3.05) is 12.8 Å². The number of halogens is 3. The Hall–Kier alpha value is -3.93. The number of anilines is 1. The standard InChI is InChI=1S/C21H19F3N6O3/c1-20(32,21(22,23)24)12-8-6-11(7-9-12)18(31)26-10-15-27-17-13-4-3-5-14(33-2)16(13)28-19(25)30(17)29-15/h3-9,32H,10H2,1-2H3,(H2,25,28)(H,26,31). The molecule has 2 heterocycles. The molecule has 0 fully saturated rings. The molecule has 1 amide bonds. The first-order valence-electron chi connectivity index (χ1n) is 9.68. The number of carbonyl (C=O) groups excluding carboxylic acids is 1. The minimum atomic E-state index is -4.85. The Labute approximate surface area is 185 Å². The van der Waals surface area contributed by atoms with E-state index in [1.165, 1.54) is 23.8 Å². The first kappa shape index (κ1) is 22.3. The molecule has 33 heavy (non-hydrogen) atoms. The van der Waals surface area contributed by atoms with Crippen molar-refractivity contribution in [1.29, 1.82) is 0 Å². The van der Waals surface area contributed by atoms with Crippen LogP contribution in [-0.4, -0.2) is 43.9 Å². The smallest absolute Gasteiger partial charge is 0.421 e. The molecule has 0 radical (unpaired) electrons. The average molecular weight is 460 g/mol. The molecule has 0 bridgehead atoms. The summed E-state index contributed by atoms with van der Waals surface area (Å²) in [6.45, 7) is 0.588. The molecule has 1 unspecified atom stereocenters. The van der Waals surface area contributed by atoms with E-state index in [2.05, 4.69) is 20.4 Å². The lowest BCUT2D eigenvalue weighted by atomic mass is 9.94. The number of aromatic nitrogens is 4. The summed E-state index contributed by atoms with van der Waals surface area (Å²) in [6.07, 6.45) is -4.85. The van der Waals surface area contributed by atoms with Gasteiger partial charge in [-0.05, 0) is 36.8 Å². The van der Waals surface area contributed by atoms with Crippen molar-refractivity contribution in [2.24, 2.45) is 0 Å². The van der Waals surface area contributed by atoms with Gasteiger partial charge in [-0.3, -0.25) is 4.79 Å². The van der Waals surface area contributed by atoms with Gasteiger partial charge in [-0.1, -0.05) is 18.2 Å². The number of rotatable bonds is 5. The van der Waals surface area contributed by atoms with E-state index in [9.17, 15) is 23.1 Å². The molecule has 0 aliphatic rings. The predicted molar refractivity (Wildman–Crippen MR) is 112 cm³/mol. The lowest BCUT2D eigenvalue weighted by molar-refractivity contribution is -0.258. The van der Waals surface area contributed by atoms with E-state index in [0.29, 0.717) is 29.2 Å². The van der Waals surface area contributed by atoms with Gasteiger partial charge in [0.15, 0.2) is 17.1 Å². The van der Waals surface area contributed by atoms with Gasteiger partial charge in [0.05, 0.1) is 13.7 Å². The van der Waals surface area contributed by atoms with E-state index in [4.69, 9.17) is 10.5 Å². The molecule has 0 aliphatic heterocycles. The zero-order valence-corrected chi connectivity index (χ0v) is 17.5. The third kappa shape index (κ3) is 3.89. The summed E-state index contributed by atoms with van der Waals surface area (Å²) in [7, 11) is 1.51. The van der Waals surface area contributed by atoms with Crippen LogP contribution in [0.2, 0.25) is 0 Å². The molecule has 0 saturated heterocycles. The van der Waals surface area contributed by atoms with Gasteiger partial charge in [-0.15, -0.1) is 5.10 Å². The molecular formula is C21H19F3N6O3. The van der Waals surface area contributed by atoms with Crippen LogP contribution in [0.3, 0.4) is 0 Å². The van der Waals surface area contributed by atoms with Gasteiger partial charge in [-0.25, -0.2) is 9.97 Å². The highest BCUT2D eigenvalue weighted by molar-refractivity contribution is 5.96. The Balaban J connectivity index is 1.55. The average Bonchev–Trinajstić information content (AvgIpc) is 3.22. The number of hydrogen-bond donors (Lipinski definition) is 3. The van der Waals surface area contributed by atoms with Crippen molar-refractivity contribution in [3.8, 4) is 5.75 Å². The number of ether oxygens (including phenoxy) is 1. The van der Waals surface area contributed by atoms with Crippen LogP contribution in [0.15, 0.2) is 42.5 Å². The summed E-state index contributed by atoms with van der Waals surface area (Å²) in [4.78, 5) is 21.2. The molecule has 2 aromatic carbocycles. The molecular weight excluding hydrogens is 441 g/mol. The number of alkyl halides is 3. The fourth-order valence-corrected chi connectivity index (χ4v) is 3.28. The predicted octanol–water partition coefficient (Wildman–Crippen LogP) is 2.57. The summed E-state index contributed by atoms with van der Waals surface area (Å²) in [5.74, 6) is 0.306. The number of methoxy groups -OCH3 is 1. The van der Waals surface area contributed by atoms with E-state index in [1.54, 1.807) is 18.2 Å². The Bertz CT molecular complexity index is 1350. The molecule has 0 saturated carbocycles. The van der Waals surface area contributed by atoms with Crippen molar-refractivity contribution >= 4 is 28.4 Å². The number of benzene rings is 2. The summed E-state index contributed by atoms with van der Waals surface area (Å²) in [5, 5.41) is 17.3. The van der Waals surface area contributed by atoms with Crippen LogP contribution in [0.25, 0.3) is 16.6 Å². The van der Waals surface area contributed by atoms with Crippen molar-refractivity contribution in [3.63, 3.8) is 0 Å². The minimum absolute atomic E-state index is 0.0621. The number of nitrogens with zero attached hydrogens (tertiary/aromatic N) is 4. The SMILES string of the molecule is COc1cccc2c1nc(N)n1nc(CNC(=O)c3ccc(C(C)(O)C(F)(F)F)cc3)nc21. The molecule has 1 atom stereocenters. The molecule has 0 aliphatic carbocycles. The summed E-state index contributed by atoms with van der Waals surface area (Å²) < 4.78 is 45.6. The fourth-order valence-electron chi connectivity index (χ4n) is 3.28. The Morgan fingerprint density at radius 2 is 1.88 bits per heavy atom. The molecule has 2 aromatic heterocycles. The third-order valence-corrected chi connectivity index (χ3v) is 5.22. The van der Waals surface area contributed by atoms with E-state index < -0.39 is 17.7 Å². The third-order valence-electron chi connectivity index (χ3n) is 5.22. The second kappa shape index (κ2) is 7.89. The number of fused-ring (bicyclic) bond motifs is 3. The molecule has 4 rings (SSSR count). The Kier molecular flexibility index (Phi) is 5.32. The van der Waals surface area contributed by atoms with Gasteiger partial charge in [0, 0.05) is 10.9 Å². The van der Waals surface area contributed by atoms with Crippen molar-refractivity contribution in [1.82, 2.24) is 24.9 Å². The largest absolute Gasteiger partial charge is 0.494 e. The lowest BCUT2D eigenvalue weighted by Gasteiger charge is -2.26. The number of carbonyl (C=O) groups is 1. The van der Waals surface area contributed by atoms with Crippen LogP contribution in [0.5, 0.6) is 5.75 Å². The van der Waals surface area contributed by atoms with E-state index in [0.717, 1.165) is 12.1 Å². The molecule has 9 nitrogen and oxygen atoms in total. The second-order valence-corrected chi connectivity index (χ2v) is 7.42. The van der Waals surface area contributed by atoms with Gasteiger partial charge in [0.2, 0.25) is 5.95 Å². The van der Waals surface area contributed by atoms with Gasteiger partial charge < -0.3 is 20.9 Å². The van der Waals surface area contributed by atoms with Crippen LogP contribution in [0, 0.1) is 0 Å². The van der Waals surface area contributed by atoms with Crippen LogP contribution in [0.1, 0.15) is 28.7 Å². The Morgan fingerprint density at radius 1 is 1.18 bits per heavy atom. The van der Waals surface area contributed by atoms with Gasteiger partial charge in [-0.2, -0.15) is 17.7 Å². The minimum Gasteiger partial charge on any atom is -0.494 e. The Morgan fingerprint density at radius 3 is 2.52 bits per heavy atom. The molecule has 172 valence electrons. The van der Waals surface area contributed by atoms with E-state index >= 15 is 0 Å².